The van der Waals surface area contributed by atoms with Crippen LogP contribution in [0, 0.1) is 0 Å². The SMILES string of the molecule is CCCCC(N)C(=O)Nc1nnc(CC)c(CC)n1. The first-order chi connectivity index (χ1) is 9.12. The molecule has 0 saturated carbocycles. The number of amides is 1. The maximum absolute atomic E-state index is 11.8. The normalized spacial score (nSPS) is 12.2. The van der Waals surface area contributed by atoms with Crippen LogP contribution in [-0.4, -0.2) is 27.1 Å². The lowest BCUT2D eigenvalue weighted by atomic mass is 10.1. The molecule has 3 N–H and O–H groups in total. The fourth-order valence-electron chi connectivity index (χ4n) is 1.75. The number of aromatic nitrogens is 3. The van der Waals surface area contributed by atoms with Crippen LogP contribution in [0.3, 0.4) is 0 Å². The van der Waals surface area contributed by atoms with Gasteiger partial charge in [-0.05, 0) is 19.3 Å². The van der Waals surface area contributed by atoms with Crippen LogP contribution in [0.5, 0.6) is 0 Å². The maximum Gasteiger partial charge on any atom is 0.249 e. The highest BCUT2D eigenvalue weighted by Crippen LogP contribution is 2.07. The van der Waals surface area contributed by atoms with Crippen molar-refractivity contribution in [2.75, 3.05) is 5.32 Å². The highest BCUT2D eigenvalue weighted by molar-refractivity contribution is 5.93. The second-order valence-corrected chi connectivity index (χ2v) is 4.47. The van der Waals surface area contributed by atoms with E-state index in [1.807, 2.05) is 13.8 Å². The number of nitrogens with zero attached hydrogens (tertiary/aromatic N) is 3. The number of nitrogens with two attached hydrogens (primary N) is 1. The number of rotatable bonds is 7. The van der Waals surface area contributed by atoms with E-state index in [4.69, 9.17) is 5.73 Å². The van der Waals surface area contributed by atoms with E-state index in [0.717, 1.165) is 37.1 Å². The van der Waals surface area contributed by atoms with Crippen LogP contribution < -0.4 is 11.1 Å². The number of nitrogens with one attached hydrogen (secondary N) is 1. The molecule has 1 rings (SSSR count). The summed E-state index contributed by atoms with van der Waals surface area (Å²) in [5, 5.41) is 10.6. The van der Waals surface area contributed by atoms with Gasteiger partial charge >= 0.3 is 0 Å². The molecule has 19 heavy (non-hydrogen) atoms. The monoisotopic (exact) mass is 265 g/mol. The standard InChI is InChI=1S/C13H23N5O/c1-4-7-8-9(14)12(19)16-13-15-10(5-2)11(6-3)17-18-13/h9H,4-8,14H2,1-3H3,(H,15,16,18,19). The van der Waals surface area contributed by atoms with E-state index in [1.54, 1.807) is 0 Å². The number of carbonyl (C=O) groups excluding carboxylic acids is 1. The molecule has 0 fully saturated rings. The summed E-state index contributed by atoms with van der Waals surface area (Å²) in [6, 6.07) is -0.514. The Bertz CT molecular complexity index is 421. The molecule has 0 aliphatic rings. The summed E-state index contributed by atoms with van der Waals surface area (Å²) in [4.78, 5) is 16.1. The van der Waals surface area contributed by atoms with Crippen molar-refractivity contribution in [2.45, 2.75) is 58.9 Å². The summed E-state index contributed by atoms with van der Waals surface area (Å²) in [7, 11) is 0. The van der Waals surface area contributed by atoms with Crippen LogP contribution in [0.15, 0.2) is 0 Å². The molecule has 0 bridgehead atoms. The van der Waals surface area contributed by atoms with Crippen LogP contribution in [0.2, 0.25) is 0 Å². The van der Waals surface area contributed by atoms with Crippen molar-refractivity contribution in [3.05, 3.63) is 11.4 Å². The minimum atomic E-state index is -0.514. The third-order valence-electron chi connectivity index (χ3n) is 2.95. The molecule has 0 spiro atoms. The van der Waals surface area contributed by atoms with Crippen LogP contribution in [0.1, 0.15) is 51.4 Å². The van der Waals surface area contributed by atoms with Crippen molar-refractivity contribution >= 4 is 11.9 Å². The molecule has 6 heteroatoms. The van der Waals surface area contributed by atoms with E-state index in [2.05, 4.69) is 27.4 Å². The highest BCUT2D eigenvalue weighted by Gasteiger charge is 2.15. The first-order valence-electron chi connectivity index (χ1n) is 6.91. The molecule has 1 unspecified atom stereocenters. The van der Waals surface area contributed by atoms with Gasteiger partial charge in [-0.1, -0.05) is 33.6 Å². The third-order valence-corrected chi connectivity index (χ3v) is 2.95. The number of anilines is 1. The van der Waals surface area contributed by atoms with Gasteiger partial charge in [-0.25, -0.2) is 4.98 Å². The van der Waals surface area contributed by atoms with Gasteiger partial charge in [-0.15, -0.1) is 10.2 Å². The first-order valence-corrected chi connectivity index (χ1v) is 6.91. The van der Waals surface area contributed by atoms with Crippen LogP contribution in [0.25, 0.3) is 0 Å². The molecule has 1 aromatic heterocycles. The Balaban J connectivity index is 2.69. The van der Waals surface area contributed by atoms with Gasteiger partial charge in [0.2, 0.25) is 11.9 Å². The Kier molecular flexibility index (Phi) is 6.35. The van der Waals surface area contributed by atoms with E-state index >= 15 is 0 Å². The summed E-state index contributed by atoms with van der Waals surface area (Å²) in [5.74, 6) is -0.00690. The fraction of sp³-hybridized carbons (Fsp3) is 0.692. The second-order valence-electron chi connectivity index (χ2n) is 4.47. The Hall–Kier alpha value is -1.56. The van der Waals surface area contributed by atoms with Gasteiger partial charge in [0.25, 0.3) is 0 Å². The largest absolute Gasteiger partial charge is 0.320 e. The topological polar surface area (TPSA) is 93.8 Å². The first kappa shape index (κ1) is 15.5. The van der Waals surface area contributed by atoms with Gasteiger partial charge < -0.3 is 5.73 Å². The number of hydrogen-bond acceptors (Lipinski definition) is 5. The van der Waals surface area contributed by atoms with Gasteiger partial charge in [0, 0.05) is 0 Å². The minimum absolute atomic E-state index is 0.242. The summed E-state index contributed by atoms with van der Waals surface area (Å²) in [6.07, 6.45) is 4.17. The zero-order valence-electron chi connectivity index (χ0n) is 11.9. The second kappa shape index (κ2) is 7.78. The molecule has 0 aliphatic carbocycles. The van der Waals surface area contributed by atoms with Gasteiger partial charge in [0.1, 0.15) is 0 Å². The van der Waals surface area contributed by atoms with Crippen molar-refractivity contribution in [3.8, 4) is 0 Å². The predicted molar refractivity (Wildman–Crippen MR) is 74.7 cm³/mol. The van der Waals surface area contributed by atoms with Crippen LogP contribution >= 0.6 is 0 Å². The Morgan fingerprint density at radius 3 is 2.47 bits per heavy atom. The zero-order valence-corrected chi connectivity index (χ0v) is 11.9. The van der Waals surface area contributed by atoms with E-state index < -0.39 is 6.04 Å². The van der Waals surface area contributed by atoms with Crippen molar-refractivity contribution in [1.82, 2.24) is 15.2 Å². The molecule has 0 aliphatic heterocycles. The number of aryl methyl sites for hydroxylation is 2. The van der Waals surface area contributed by atoms with Crippen LogP contribution in [0.4, 0.5) is 5.95 Å². The minimum Gasteiger partial charge on any atom is -0.320 e. The molecular formula is C13H23N5O. The number of unbranched alkanes of at least 4 members (excludes halogenated alkanes) is 1. The summed E-state index contributed by atoms with van der Waals surface area (Å²) in [5.41, 5.74) is 7.53. The molecule has 1 amide bonds. The van der Waals surface area contributed by atoms with Crippen LogP contribution in [-0.2, 0) is 17.6 Å². The van der Waals surface area contributed by atoms with Crippen molar-refractivity contribution in [1.29, 1.82) is 0 Å². The molecule has 106 valence electrons. The van der Waals surface area contributed by atoms with Crippen molar-refractivity contribution < 1.29 is 4.79 Å². The molecule has 0 saturated heterocycles. The average Bonchev–Trinajstić information content (AvgIpc) is 2.44. The van der Waals surface area contributed by atoms with Gasteiger partial charge in [-0.2, -0.15) is 0 Å². The molecule has 6 nitrogen and oxygen atoms in total. The quantitative estimate of drug-likeness (QED) is 0.778. The lowest BCUT2D eigenvalue weighted by Gasteiger charge is -2.11. The molecule has 1 atom stereocenters. The molecule has 0 aromatic carbocycles. The van der Waals surface area contributed by atoms with Gasteiger partial charge in [-0.3, -0.25) is 10.1 Å². The third kappa shape index (κ3) is 4.55. The summed E-state index contributed by atoms with van der Waals surface area (Å²) < 4.78 is 0. The Labute approximate surface area is 114 Å². The average molecular weight is 265 g/mol. The van der Waals surface area contributed by atoms with Gasteiger partial charge in [0.15, 0.2) is 0 Å². The molecular weight excluding hydrogens is 242 g/mol. The van der Waals surface area contributed by atoms with Gasteiger partial charge in [0.05, 0.1) is 17.4 Å². The van der Waals surface area contributed by atoms with E-state index in [9.17, 15) is 4.79 Å². The van der Waals surface area contributed by atoms with Crippen molar-refractivity contribution in [3.63, 3.8) is 0 Å². The van der Waals surface area contributed by atoms with E-state index in [-0.39, 0.29) is 11.9 Å². The summed E-state index contributed by atoms with van der Waals surface area (Å²) >= 11 is 0. The molecule has 0 radical (unpaired) electrons. The highest BCUT2D eigenvalue weighted by atomic mass is 16.2. The summed E-state index contributed by atoms with van der Waals surface area (Å²) in [6.45, 7) is 6.07. The smallest absolute Gasteiger partial charge is 0.249 e. The maximum atomic E-state index is 11.8. The van der Waals surface area contributed by atoms with E-state index in [1.165, 1.54) is 0 Å². The predicted octanol–water partition coefficient (Wildman–Crippen LogP) is 1.45. The lowest BCUT2D eigenvalue weighted by molar-refractivity contribution is -0.117. The Morgan fingerprint density at radius 2 is 1.89 bits per heavy atom. The molecule has 1 heterocycles. The fourth-order valence-corrected chi connectivity index (χ4v) is 1.75. The zero-order chi connectivity index (χ0) is 14.3. The Morgan fingerprint density at radius 1 is 1.21 bits per heavy atom. The number of carbonyl (C=O) groups is 1. The number of hydrogen-bond donors (Lipinski definition) is 2. The molecule has 1 aromatic rings. The van der Waals surface area contributed by atoms with E-state index in [0.29, 0.717) is 6.42 Å². The van der Waals surface area contributed by atoms with Crippen molar-refractivity contribution in [2.24, 2.45) is 5.73 Å². The lowest BCUT2D eigenvalue weighted by Crippen LogP contribution is -2.36.